The van der Waals surface area contributed by atoms with Gasteiger partial charge in [0.15, 0.2) is 0 Å². The Hall–Kier alpha value is -1.12. The topological polar surface area (TPSA) is 29.5 Å². The summed E-state index contributed by atoms with van der Waals surface area (Å²) in [4.78, 5) is 0. The Labute approximate surface area is 124 Å². The second-order valence-corrected chi connectivity index (χ2v) is 4.99. The molecule has 2 heteroatoms. The van der Waals surface area contributed by atoms with Gasteiger partial charge in [0, 0.05) is 0 Å². The molecule has 0 bridgehead atoms. The molecule has 0 unspecified atom stereocenters. The highest BCUT2D eigenvalue weighted by molar-refractivity contribution is 5.54. The van der Waals surface area contributed by atoms with Crippen LogP contribution in [0.15, 0.2) is 24.3 Å². The second-order valence-electron chi connectivity index (χ2n) is 4.99. The van der Waals surface area contributed by atoms with E-state index in [1.54, 1.807) is 0 Å². The van der Waals surface area contributed by atoms with Crippen molar-refractivity contribution in [2.75, 3.05) is 19.8 Å². The first-order chi connectivity index (χ1) is 9.63. The van der Waals surface area contributed by atoms with Crippen LogP contribution >= 0.6 is 0 Å². The Kier molecular flexibility index (Phi) is 11.0. The number of rotatable bonds is 7. The SMILES string of the molecule is CC.Cc1cc(CC(C)C)ccc1/C=C/COCCO. The van der Waals surface area contributed by atoms with Crippen LogP contribution in [0, 0.1) is 12.8 Å². The standard InChI is InChI=1S/C16H24O2.C2H6/c1-13(2)11-15-6-7-16(14(3)12-15)5-4-9-18-10-8-17;1-2/h4-7,12-13,17H,8-11H2,1-3H3;1-2H3/b5-4+;. The average Bonchev–Trinajstić information content (AvgIpc) is 2.42. The Bertz CT molecular complexity index is 381. The lowest BCUT2D eigenvalue weighted by molar-refractivity contribution is 0.112. The number of benzene rings is 1. The molecule has 0 aliphatic heterocycles. The van der Waals surface area contributed by atoms with Gasteiger partial charge in [-0.25, -0.2) is 0 Å². The minimum atomic E-state index is 0.0801. The Morgan fingerprint density at radius 1 is 1.25 bits per heavy atom. The molecule has 0 saturated heterocycles. The minimum absolute atomic E-state index is 0.0801. The van der Waals surface area contributed by atoms with Gasteiger partial charge >= 0.3 is 0 Å². The minimum Gasteiger partial charge on any atom is -0.394 e. The van der Waals surface area contributed by atoms with E-state index < -0.39 is 0 Å². The lowest BCUT2D eigenvalue weighted by Gasteiger charge is -2.08. The first-order valence-electron chi connectivity index (χ1n) is 7.58. The summed E-state index contributed by atoms with van der Waals surface area (Å²) < 4.78 is 5.18. The van der Waals surface area contributed by atoms with Crippen LogP contribution in [0.25, 0.3) is 6.08 Å². The summed E-state index contributed by atoms with van der Waals surface area (Å²) in [6, 6.07) is 6.62. The zero-order valence-electron chi connectivity index (χ0n) is 13.6. The highest BCUT2D eigenvalue weighted by Crippen LogP contribution is 2.15. The van der Waals surface area contributed by atoms with Gasteiger partial charge < -0.3 is 9.84 Å². The lowest BCUT2D eigenvalue weighted by Crippen LogP contribution is -1.98. The van der Waals surface area contributed by atoms with Gasteiger partial charge in [0.05, 0.1) is 19.8 Å². The van der Waals surface area contributed by atoms with E-state index in [1.807, 2.05) is 19.9 Å². The number of hydrogen-bond donors (Lipinski definition) is 1. The number of aryl methyl sites for hydroxylation is 1. The Morgan fingerprint density at radius 2 is 1.95 bits per heavy atom. The van der Waals surface area contributed by atoms with Crippen LogP contribution in [-0.4, -0.2) is 24.9 Å². The highest BCUT2D eigenvalue weighted by Gasteiger charge is 2.00. The van der Waals surface area contributed by atoms with E-state index in [0.717, 1.165) is 6.42 Å². The van der Waals surface area contributed by atoms with Crippen molar-refractivity contribution in [1.29, 1.82) is 0 Å². The summed E-state index contributed by atoms with van der Waals surface area (Å²) in [6.07, 6.45) is 5.19. The number of ether oxygens (including phenoxy) is 1. The molecular formula is C18H30O2. The molecule has 0 amide bonds. The van der Waals surface area contributed by atoms with Crippen molar-refractivity contribution in [3.05, 3.63) is 41.0 Å². The quantitative estimate of drug-likeness (QED) is 0.756. The summed E-state index contributed by atoms with van der Waals surface area (Å²) in [5, 5.41) is 8.58. The normalized spacial score (nSPS) is 10.8. The molecule has 0 fully saturated rings. The molecule has 1 aromatic rings. The smallest absolute Gasteiger partial charge is 0.0701 e. The predicted octanol–water partition coefficient (Wildman–Crippen LogP) is 4.24. The van der Waals surface area contributed by atoms with E-state index in [1.165, 1.54) is 16.7 Å². The van der Waals surface area contributed by atoms with Crippen molar-refractivity contribution in [3.63, 3.8) is 0 Å². The highest BCUT2D eigenvalue weighted by atomic mass is 16.5. The molecule has 0 heterocycles. The zero-order valence-corrected chi connectivity index (χ0v) is 13.6. The molecule has 0 aliphatic carbocycles. The largest absolute Gasteiger partial charge is 0.394 e. The fourth-order valence-corrected chi connectivity index (χ4v) is 1.91. The van der Waals surface area contributed by atoms with Gasteiger partial charge in [-0.2, -0.15) is 0 Å². The van der Waals surface area contributed by atoms with E-state index in [4.69, 9.17) is 9.84 Å². The van der Waals surface area contributed by atoms with E-state index in [0.29, 0.717) is 19.1 Å². The van der Waals surface area contributed by atoms with Crippen LogP contribution in [-0.2, 0) is 11.2 Å². The van der Waals surface area contributed by atoms with Gasteiger partial charge in [-0.3, -0.25) is 0 Å². The van der Waals surface area contributed by atoms with Crippen molar-refractivity contribution in [1.82, 2.24) is 0 Å². The fraction of sp³-hybridized carbons (Fsp3) is 0.556. The summed E-state index contributed by atoms with van der Waals surface area (Å²) in [5.41, 5.74) is 3.93. The third kappa shape index (κ3) is 8.13. The molecule has 2 nitrogen and oxygen atoms in total. The lowest BCUT2D eigenvalue weighted by atomic mass is 9.98. The van der Waals surface area contributed by atoms with Crippen molar-refractivity contribution in [2.24, 2.45) is 5.92 Å². The van der Waals surface area contributed by atoms with E-state index >= 15 is 0 Å². The maximum absolute atomic E-state index is 8.58. The van der Waals surface area contributed by atoms with E-state index in [-0.39, 0.29) is 6.61 Å². The summed E-state index contributed by atoms with van der Waals surface area (Å²) >= 11 is 0. The average molecular weight is 278 g/mol. The summed E-state index contributed by atoms with van der Waals surface area (Å²) in [6.45, 7) is 11.6. The maximum atomic E-state index is 8.58. The van der Waals surface area contributed by atoms with E-state index in [2.05, 4.69) is 45.0 Å². The van der Waals surface area contributed by atoms with Crippen LogP contribution < -0.4 is 0 Å². The maximum Gasteiger partial charge on any atom is 0.0701 e. The summed E-state index contributed by atoms with van der Waals surface area (Å²) in [7, 11) is 0. The number of aliphatic hydroxyl groups is 1. The molecule has 0 radical (unpaired) electrons. The molecule has 0 saturated carbocycles. The molecule has 0 aromatic heterocycles. The first-order valence-corrected chi connectivity index (χ1v) is 7.58. The van der Waals surface area contributed by atoms with Crippen LogP contribution in [0.5, 0.6) is 0 Å². The summed E-state index contributed by atoms with van der Waals surface area (Å²) in [5.74, 6) is 0.692. The van der Waals surface area contributed by atoms with Crippen LogP contribution in [0.3, 0.4) is 0 Å². The Morgan fingerprint density at radius 3 is 2.50 bits per heavy atom. The predicted molar refractivity (Wildman–Crippen MR) is 88.0 cm³/mol. The van der Waals surface area contributed by atoms with Crippen LogP contribution in [0.2, 0.25) is 0 Å². The van der Waals surface area contributed by atoms with Crippen molar-refractivity contribution in [2.45, 2.75) is 41.0 Å². The van der Waals surface area contributed by atoms with Gasteiger partial charge in [-0.1, -0.05) is 58.0 Å². The molecule has 1 N–H and O–H groups in total. The molecule has 1 aromatic carbocycles. The molecule has 0 spiro atoms. The van der Waals surface area contributed by atoms with Crippen molar-refractivity contribution >= 4 is 6.08 Å². The second kappa shape index (κ2) is 11.7. The van der Waals surface area contributed by atoms with Crippen LogP contribution in [0.4, 0.5) is 0 Å². The molecule has 114 valence electrons. The van der Waals surface area contributed by atoms with Crippen LogP contribution in [0.1, 0.15) is 44.4 Å². The molecule has 20 heavy (non-hydrogen) atoms. The first kappa shape index (κ1) is 18.9. The fourth-order valence-electron chi connectivity index (χ4n) is 1.91. The molecule has 1 rings (SSSR count). The van der Waals surface area contributed by atoms with Gasteiger partial charge in [0.1, 0.15) is 0 Å². The van der Waals surface area contributed by atoms with Gasteiger partial charge in [0.25, 0.3) is 0 Å². The van der Waals surface area contributed by atoms with Gasteiger partial charge in [-0.05, 0) is 36.0 Å². The molecule has 0 atom stereocenters. The molecular weight excluding hydrogens is 248 g/mol. The van der Waals surface area contributed by atoms with Gasteiger partial charge in [0.2, 0.25) is 0 Å². The Balaban J connectivity index is 0.00000172. The number of hydrogen-bond acceptors (Lipinski definition) is 2. The third-order valence-corrected chi connectivity index (χ3v) is 2.73. The third-order valence-electron chi connectivity index (χ3n) is 2.73. The zero-order chi connectivity index (χ0) is 15.4. The molecule has 0 aliphatic rings. The van der Waals surface area contributed by atoms with Gasteiger partial charge in [-0.15, -0.1) is 0 Å². The van der Waals surface area contributed by atoms with E-state index in [9.17, 15) is 0 Å². The monoisotopic (exact) mass is 278 g/mol. The van der Waals surface area contributed by atoms with Crippen molar-refractivity contribution in [3.8, 4) is 0 Å². The van der Waals surface area contributed by atoms with Crippen molar-refractivity contribution < 1.29 is 9.84 Å². The number of aliphatic hydroxyl groups excluding tert-OH is 1.